The Morgan fingerprint density at radius 1 is 0.322 bits per heavy atom. The largest absolute Gasteiger partial charge is 0.477 e. The number of aliphatic carboxylic acids is 1. The third-order valence-electron chi connectivity index (χ3n) is 26.5. The maximum atomic E-state index is 13.4. The fraction of sp³-hybridized carbons (Fsp3) is 0.914. The van der Waals surface area contributed by atoms with E-state index in [4.69, 9.17) is 99.5 Å². The van der Waals surface area contributed by atoms with Crippen LogP contribution in [0, 0.1) is 0 Å². The number of carbonyl (C=O) groups excluding carboxylic acids is 6. The van der Waals surface area contributed by atoms with E-state index < -0.39 is 467 Å². The van der Waals surface area contributed by atoms with Crippen LogP contribution in [0.15, 0.2) is 0 Å². The Balaban J connectivity index is 0.912. The summed E-state index contributed by atoms with van der Waals surface area (Å²) in [4.78, 5) is 90.4. The maximum absolute atomic E-state index is 13.4. The van der Waals surface area contributed by atoms with Gasteiger partial charge in [0, 0.05) is 48.0 Å². The average molecular weight is 2200 g/mol. The first-order chi connectivity index (χ1) is 70.0. The molecule has 0 radical (unpaired) electrons. The maximum Gasteiger partial charge on any atom is 0.397 e. The topological polar surface area (TPSA) is 1040 Å². The lowest BCUT2D eigenvalue weighted by Gasteiger charge is -2.51. The standard InChI is InChI=1S/C81H134N6O61S/c1-19-43(103)54(114)58(118)75(130-19)127-17-36-64(49(109)38(70(121)131-36)83-21(3)96)141-71-39(84-22(4)97)51(111)63(32(14-93)134-71)143-77-60(120)67(144-79-69(57(117)46(106)29(11-90)133-79)146-74-40(85-23(5)98)50(110)61(30(12-91)135-74)140-72-42(87-25(7)100)53(113)65(33(15-94)137-72)148-149(124,125)126)48(108)34(138-77)16-128-78-68(56(116)45(105)28(10-89)132-78)145-73-41(86-24(6)99)52(112)62(31(13-92)136-73)142-76-59(119)55(115)47(107)35(139-76)18-129-81(80(122)123)8-26(101)37(82-20(2)95)66(147-81)44(104)27(102)9-88/h19,26-79,88-94,101-121H,8-18H2,1-7H3,(H,82,95)(H,83,96)(H,84,97)(H,85,98)(H,86,99)(H,87,100)(H,122,123)(H,124,125,126)/t19-,26-,27+,28+,29+,30+,31+,32+,33+,34+,35+,36+,37+,38+,39+,40+,41+,42+,43+,44+,45+,46+,47-,48+,49+,50+,51+,52+,53+,54+,55-,56-,57-,58-,59+,60-,61+,62+,63+,64+,65-,66+,67-,68-,69-,70?,71-,72-,73-,74-,75+,76-,77-,78-,79+,81+/m0/s1. The molecule has 56 atom stereocenters. The molecule has 11 heterocycles. The third kappa shape index (κ3) is 28.5. The van der Waals surface area contributed by atoms with Crippen LogP contribution in [0.1, 0.15) is 54.9 Å². The highest BCUT2D eigenvalue weighted by Crippen LogP contribution is 2.43. The van der Waals surface area contributed by atoms with Crippen LogP contribution in [0.2, 0.25) is 0 Å². The van der Waals surface area contributed by atoms with E-state index in [1.165, 1.54) is 6.92 Å². The monoisotopic (exact) mass is 2200 g/mol. The van der Waals surface area contributed by atoms with E-state index in [-0.39, 0.29) is 0 Å². The van der Waals surface area contributed by atoms with Crippen molar-refractivity contribution in [1.82, 2.24) is 31.9 Å². The fourth-order valence-electron chi connectivity index (χ4n) is 18.9. The van der Waals surface area contributed by atoms with Gasteiger partial charge in [0.1, 0.15) is 256 Å². The zero-order valence-electron chi connectivity index (χ0n) is 80.0. The number of amides is 6. The molecule has 149 heavy (non-hydrogen) atoms. The Morgan fingerprint density at radius 2 is 0.644 bits per heavy atom. The van der Waals surface area contributed by atoms with E-state index in [1.54, 1.807) is 0 Å². The molecule has 11 aliphatic rings. The summed E-state index contributed by atoms with van der Waals surface area (Å²) in [6, 6.07) is -11.9. The summed E-state index contributed by atoms with van der Waals surface area (Å²) in [6.45, 7) is -5.74. The fourth-order valence-corrected chi connectivity index (χ4v) is 19.4. The molecule has 67 nitrogen and oxygen atoms in total. The van der Waals surface area contributed by atoms with E-state index in [9.17, 15) is 195 Å². The molecule has 11 rings (SSSR count). The van der Waals surface area contributed by atoms with Gasteiger partial charge in [-0.15, -0.1) is 0 Å². The second kappa shape index (κ2) is 53.0. The Labute approximate surface area is 843 Å². The Hall–Kier alpha value is -5.80. The molecule has 0 spiro atoms. The first kappa shape index (κ1) is 123. The van der Waals surface area contributed by atoms with Gasteiger partial charge >= 0.3 is 16.4 Å². The minimum absolute atomic E-state index is 0.853. The van der Waals surface area contributed by atoms with E-state index >= 15 is 0 Å². The molecule has 36 N–H and O–H groups in total. The van der Waals surface area contributed by atoms with Gasteiger partial charge in [0.25, 0.3) is 5.79 Å². The molecular formula is C81H134N6O61S. The predicted molar refractivity (Wildman–Crippen MR) is 458 cm³/mol. The number of carboxylic acid groups (broad SMARTS) is 1. The summed E-state index contributed by atoms with van der Waals surface area (Å²) in [6.07, 6.45) is -110. The molecule has 0 bridgehead atoms. The number of nitrogens with one attached hydrogen (secondary N) is 6. The summed E-state index contributed by atoms with van der Waals surface area (Å²) in [5.41, 5.74) is 0. The predicted octanol–water partition coefficient (Wildman–Crippen LogP) is -24.1. The van der Waals surface area contributed by atoms with E-state index in [1.807, 2.05) is 0 Å². The molecule has 0 saturated carbocycles. The Kier molecular flexibility index (Phi) is 43.9. The SMILES string of the molecule is CC(=O)N[C@H]1[C@H](O[C@H]2[C@H](O)[C@@H](NC(C)=O)[C@H](O[C@@H]3[C@@H](O[C@@H]4[C@H](O)[C@H](O[C@H]5[C@H](O)[C@@H](NC(C)=O)[C@H](O[C@H]6[C@H](O)[C@@H](NC(C)=O)C(O)O[C@@H]6CO[C@@H]6O[C@@H](C)[C@@H](O)[C@@H](O)[C@@H]6O)O[C@@H]5CO)O[C@H](CO[C@H]5O[C@H](CO)[C@@H](O)[C@H](O)[C@@H]5O[C@@H]5O[C@H](CO)[C@@H](O[C@@H]6O[C@H](CO[C@]7(C(=O)O)C[C@H](O)[C@@H](NC(C)=O)[C@H]([C@H](O)[C@H](O)CO)O7)[C@H](O)[C@H](O)[C@H]6O)[C@H](O)[C@H]5NC(C)=O)[C@H]4O)O[C@H](CO)[C@@H](O)[C@@H]3O)O[C@@H]2CO)O[C@H](CO)[C@H](OS(=O)(=O)O)[C@@H]1O. The molecular weight excluding hydrogens is 2060 g/mol. The number of carboxylic acids is 1. The molecule has 68 heteroatoms. The second-order valence-electron chi connectivity index (χ2n) is 37.2. The second-order valence-corrected chi connectivity index (χ2v) is 38.3. The molecule has 0 aromatic rings. The van der Waals surface area contributed by atoms with Gasteiger partial charge < -0.3 is 279 Å². The van der Waals surface area contributed by atoms with Crippen molar-refractivity contribution in [1.29, 1.82) is 0 Å². The van der Waals surface area contributed by atoms with Crippen molar-refractivity contribution >= 4 is 51.8 Å². The molecule has 0 aliphatic carbocycles. The van der Waals surface area contributed by atoms with Gasteiger partial charge in [0.05, 0.1) is 84.3 Å². The van der Waals surface area contributed by atoms with Gasteiger partial charge in [-0.05, 0) is 6.92 Å². The van der Waals surface area contributed by atoms with Crippen LogP contribution in [0.4, 0.5) is 0 Å². The first-order valence-corrected chi connectivity index (χ1v) is 48.1. The molecule has 11 aliphatic heterocycles. The Bertz CT molecular complexity index is 4440. The summed E-state index contributed by atoms with van der Waals surface area (Å²) in [5, 5.41) is 343. The van der Waals surface area contributed by atoms with Crippen molar-refractivity contribution in [3.05, 3.63) is 0 Å². The van der Waals surface area contributed by atoms with Crippen LogP contribution in [-0.4, -0.2) is 612 Å². The van der Waals surface area contributed by atoms with Crippen molar-refractivity contribution in [3.63, 3.8) is 0 Å². The summed E-state index contributed by atoms with van der Waals surface area (Å²) >= 11 is 0. The molecule has 11 fully saturated rings. The van der Waals surface area contributed by atoms with Crippen molar-refractivity contribution in [2.75, 3.05) is 66.1 Å². The lowest BCUT2D eigenvalue weighted by Crippen LogP contribution is -2.71. The van der Waals surface area contributed by atoms with E-state index in [0.717, 1.165) is 41.5 Å². The third-order valence-corrected chi connectivity index (χ3v) is 27.0. The minimum Gasteiger partial charge on any atom is -0.477 e. The highest BCUT2D eigenvalue weighted by molar-refractivity contribution is 7.80. The number of rotatable bonds is 41. The van der Waals surface area contributed by atoms with Crippen molar-refractivity contribution in [3.8, 4) is 0 Å². The zero-order valence-corrected chi connectivity index (χ0v) is 80.8. The summed E-state index contributed by atoms with van der Waals surface area (Å²) in [7, 11) is -5.49. The normalized spacial score (nSPS) is 46.4. The van der Waals surface area contributed by atoms with Crippen molar-refractivity contribution in [2.45, 2.75) is 398 Å². The van der Waals surface area contributed by atoms with Gasteiger partial charge in [-0.1, -0.05) is 0 Å². The van der Waals surface area contributed by atoms with Gasteiger partial charge in [-0.25, -0.2) is 8.98 Å². The molecule has 11 saturated heterocycles. The van der Waals surface area contributed by atoms with Crippen LogP contribution in [0.25, 0.3) is 0 Å². The quantitative estimate of drug-likeness (QED) is 0.0253. The van der Waals surface area contributed by atoms with Crippen LogP contribution in [0.5, 0.6) is 0 Å². The highest BCUT2D eigenvalue weighted by Gasteiger charge is 2.64. The Morgan fingerprint density at radius 3 is 1.07 bits per heavy atom. The van der Waals surface area contributed by atoms with Crippen molar-refractivity contribution < 1.29 is 298 Å². The van der Waals surface area contributed by atoms with Gasteiger partial charge in [0.15, 0.2) is 62.9 Å². The van der Waals surface area contributed by atoms with Crippen molar-refractivity contribution in [2.24, 2.45) is 0 Å². The van der Waals surface area contributed by atoms with Crippen LogP contribution >= 0.6 is 0 Å². The molecule has 0 aromatic heterocycles. The van der Waals surface area contributed by atoms with Gasteiger partial charge in [0.2, 0.25) is 35.4 Å². The lowest BCUT2D eigenvalue weighted by atomic mass is 9.88. The number of aliphatic hydroxyl groups excluding tert-OH is 28. The number of carbonyl (C=O) groups is 7. The zero-order chi connectivity index (χ0) is 110. The number of ether oxygens (including phenoxy) is 21. The van der Waals surface area contributed by atoms with E-state index in [2.05, 4.69) is 36.1 Å². The number of aliphatic hydroxyl groups is 28. The summed E-state index contributed by atoms with van der Waals surface area (Å²) < 4.78 is 163. The highest BCUT2D eigenvalue weighted by atomic mass is 32.3. The lowest BCUT2D eigenvalue weighted by molar-refractivity contribution is -0.398. The number of hydrogen-bond donors (Lipinski definition) is 36. The van der Waals surface area contributed by atoms with Crippen LogP contribution in [-0.2, 0) is 148 Å². The molecule has 860 valence electrons. The minimum atomic E-state index is -5.49. The summed E-state index contributed by atoms with van der Waals surface area (Å²) in [5.74, 6) is -11.1. The van der Waals surface area contributed by atoms with E-state index in [0.29, 0.717) is 0 Å². The van der Waals surface area contributed by atoms with Crippen LogP contribution in [0.3, 0.4) is 0 Å². The van der Waals surface area contributed by atoms with Gasteiger partial charge in [-0.3, -0.25) is 33.3 Å². The first-order valence-electron chi connectivity index (χ1n) is 46.8. The average Bonchev–Trinajstić information content (AvgIpc) is 0.764. The smallest absolute Gasteiger partial charge is 0.397 e. The molecule has 1 unspecified atom stereocenters. The number of hydrogen-bond acceptors (Lipinski definition) is 59. The van der Waals surface area contributed by atoms with Crippen LogP contribution < -0.4 is 31.9 Å². The molecule has 0 aromatic carbocycles. The van der Waals surface area contributed by atoms with Gasteiger partial charge in [-0.2, -0.15) is 8.42 Å². The molecule has 6 amide bonds.